The highest BCUT2D eigenvalue weighted by Gasteiger charge is 2.04. The van der Waals surface area contributed by atoms with Gasteiger partial charge in [-0.1, -0.05) is 0 Å². The van der Waals surface area contributed by atoms with Gasteiger partial charge >= 0.3 is 0 Å². The Morgan fingerprint density at radius 3 is 2.58 bits per heavy atom. The second kappa shape index (κ2) is 5.20. The number of nitrogens with one attached hydrogen (secondary N) is 1. The van der Waals surface area contributed by atoms with E-state index in [4.69, 9.17) is 15.9 Å². The van der Waals surface area contributed by atoms with Gasteiger partial charge in [-0.2, -0.15) is 0 Å². The summed E-state index contributed by atoms with van der Waals surface area (Å²) in [5.74, 6) is -0.656. The van der Waals surface area contributed by atoms with Crippen LogP contribution >= 0.6 is 0 Å². The summed E-state index contributed by atoms with van der Waals surface area (Å²) in [7, 11) is 1.42. The molecule has 0 heterocycles. The van der Waals surface area contributed by atoms with Gasteiger partial charge in [-0.3, -0.25) is 4.79 Å². The number of rotatable bonds is 3. The maximum Gasteiger partial charge on any atom is 0.254 e. The van der Waals surface area contributed by atoms with E-state index in [0.717, 1.165) is 6.08 Å². The van der Waals surface area contributed by atoms with Gasteiger partial charge in [0.2, 0.25) is 0 Å². The Hall–Kier alpha value is -1.49. The fourth-order valence-electron chi connectivity index (χ4n) is 0.544. The number of carbonyl (C=O) groups is 1. The number of hydrogen-bond donors (Lipinski definition) is 4. The lowest BCUT2D eigenvalue weighted by Crippen LogP contribution is -2.19. The molecule has 0 aliphatic rings. The predicted molar refractivity (Wildman–Crippen MR) is 44.5 cm³/mol. The Labute approximate surface area is 70.2 Å². The first-order valence-electron chi connectivity index (χ1n) is 3.31. The smallest absolute Gasteiger partial charge is 0.254 e. The average molecular weight is 172 g/mol. The molecule has 0 fully saturated rings. The van der Waals surface area contributed by atoms with Gasteiger partial charge in [0.15, 0.2) is 0 Å². The van der Waals surface area contributed by atoms with E-state index in [0.29, 0.717) is 6.26 Å². The minimum absolute atomic E-state index is 0.0412. The maximum absolute atomic E-state index is 10.9. The molecule has 0 saturated heterocycles. The zero-order valence-electron chi connectivity index (χ0n) is 6.74. The number of hydrogen-bond acceptors (Lipinski definition) is 4. The lowest BCUT2D eigenvalue weighted by Gasteiger charge is -1.99. The van der Waals surface area contributed by atoms with Crippen molar-refractivity contribution < 1.29 is 15.0 Å². The zero-order chi connectivity index (χ0) is 9.56. The van der Waals surface area contributed by atoms with E-state index >= 15 is 0 Å². The molecule has 0 aromatic rings. The van der Waals surface area contributed by atoms with Crippen molar-refractivity contribution in [1.82, 2.24) is 5.32 Å². The van der Waals surface area contributed by atoms with E-state index in [1.165, 1.54) is 7.05 Å². The quantitative estimate of drug-likeness (QED) is 0.264. The van der Waals surface area contributed by atoms with Crippen molar-refractivity contribution in [2.45, 2.75) is 0 Å². The second-order valence-electron chi connectivity index (χ2n) is 2.00. The molecule has 0 rings (SSSR count). The lowest BCUT2D eigenvalue weighted by atomic mass is 10.2. The summed E-state index contributed by atoms with van der Waals surface area (Å²) in [6, 6.07) is 0. The molecule has 0 radical (unpaired) electrons. The molecule has 0 atom stereocenters. The van der Waals surface area contributed by atoms with E-state index in [-0.39, 0.29) is 17.9 Å². The van der Waals surface area contributed by atoms with Crippen LogP contribution in [-0.4, -0.2) is 29.7 Å². The molecular formula is C7H12N2O3. The van der Waals surface area contributed by atoms with Gasteiger partial charge < -0.3 is 21.3 Å². The molecule has 12 heavy (non-hydrogen) atoms. The van der Waals surface area contributed by atoms with Gasteiger partial charge in [-0.25, -0.2) is 0 Å². The van der Waals surface area contributed by atoms with Gasteiger partial charge in [0.05, 0.1) is 18.4 Å². The first kappa shape index (κ1) is 10.5. The lowest BCUT2D eigenvalue weighted by molar-refractivity contribution is -0.116. The monoisotopic (exact) mass is 172 g/mol. The molecular weight excluding hydrogens is 160 g/mol. The molecule has 0 aromatic carbocycles. The van der Waals surface area contributed by atoms with Crippen LogP contribution in [0, 0.1) is 0 Å². The summed E-state index contributed by atoms with van der Waals surface area (Å²) in [6.45, 7) is -0.0751. The van der Waals surface area contributed by atoms with E-state index < -0.39 is 5.91 Å². The van der Waals surface area contributed by atoms with Gasteiger partial charge in [0, 0.05) is 7.05 Å². The Balaban J connectivity index is 4.50. The average Bonchev–Trinajstić information content (AvgIpc) is 2.12. The number of aliphatic hydroxyl groups is 2. The highest BCUT2D eigenvalue weighted by Crippen LogP contribution is 1.98. The first-order chi connectivity index (χ1) is 5.65. The molecule has 0 aliphatic carbocycles. The fraction of sp³-hybridized carbons (Fsp3) is 0.286. The number of nitrogens with two attached hydrogens (primary N) is 1. The van der Waals surface area contributed by atoms with Crippen molar-refractivity contribution in [3.05, 3.63) is 23.7 Å². The molecule has 68 valence electrons. The number of aliphatic hydroxyl groups excluding tert-OH is 2. The van der Waals surface area contributed by atoms with Crippen LogP contribution < -0.4 is 11.1 Å². The normalized spacial score (nSPS) is 12.8. The summed E-state index contributed by atoms with van der Waals surface area (Å²) in [5.41, 5.74) is 5.02. The molecule has 0 saturated carbocycles. The van der Waals surface area contributed by atoms with Gasteiger partial charge in [0.25, 0.3) is 5.91 Å². The van der Waals surface area contributed by atoms with Crippen molar-refractivity contribution in [3.63, 3.8) is 0 Å². The summed E-state index contributed by atoms with van der Waals surface area (Å²) < 4.78 is 0. The zero-order valence-corrected chi connectivity index (χ0v) is 6.74. The molecule has 0 unspecified atom stereocenters. The summed E-state index contributed by atoms with van der Waals surface area (Å²) in [6.07, 6.45) is 1.70. The van der Waals surface area contributed by atoms with Crippen LogP contribution in [0.3, 0.4) is 0 Å². The highest BCUT2D eigenvalue weighted by molar-refractivity contribution is 5.95. The van der Waals surface area contributed by atoms with Crippen molar-refractivity contribution >= 4 is 5.91 Å². The largest absolute Gasteiger partial charge is 0.515 e. The molecule has 0 spiro atoms. The van der Waals surface area contributed by atoms with Crippen molar-refractivity contribution in [3.8, 4) is 0 Å². The molecule has 0 aliphatic heterocycles. The third-order valence-corrected chi connectivity index (χ3v) is 1.16. The van der Waals surface area contributed by atoms with Crippen molar-refractivity contribution in [2.24, 2.45) is 5.73 Å². The summed E-state index contributed by atoms with van der Waals surface area (Å²) >= 11 is 0. The SMILES string of the molecule is CNC(=O)C(=CO)/C=C(/O)CN. The maximum atomic E-state index is 10.9. The Bertz CT molecular complexity index is 221. The molecule has 5 nitrogen and oxygen atoms in total. The van der Waals surface area contributed by atoms with Crippen LogP contribution in [0.5, 0.6) is 0 Å². The Kier molecular flexibility index (Phi) is 4.55. The highest BCUT2D eigenvalue weighted by atomic mass is 16.3. The van der Waals surface area contributed by atoms with Crippen LogP contribution in [-0.2, 0) is 4.79 Å². The van der Waals surface area contributed by atoms with E-state index in [2.05, 4.69) is 5.32 Å². The third kappa shape index (κ3) is 3.07. The van der Waals surface area contributed by atoms with Crippen LogP contribution in [0.2, 0.25) is 0 Å². The minimum atomic E-state index is -0.488. The standard InChI is InChI=1S/C7H12N2O3/c1-9-7(12)5(4-10)2-6(11)3-8/h2,4,10-11H,3,8H2,1H3,(H,9,12)/b5-4?,6-2+. The van der Waals surface area contributed by atoms with E-state index in [1.807, 2.05) is 0 Å². The molecule has 5 N–H and O–H groups in total. The predicted octanol–water partition coefficient (Wildman–Crippen LogP) is -0.425. The molecule has 1 amide bonds. The van der Waals surface area contributed by atoms with Gasteiger partial charge in [-0.15, -0.1) is 0 Å². The van der Waals surface area contributed by atoms with Crippen LogP contribution in [0.15, 0.2) is 23.7 Å². The van der Waals surface area contributed by atoms with Gasteiger partial charge in [-0.05, 0) is 6.08 Å². The van der Waals surface area contributed by atoms with E-state index in [9.17, 15) is 4.79 Å². The van der Waals surface area contributed by atoms with Crippen molar-refractivity contribution in [1.29, 1.82) is 0 Å². The van der Waals surface area contributed by atoms with Gasteiger partial charge in [0.1, 0.15) is 5.76 Å². The molecule has 0 bridgehead atoms. The van der Waals surface area contributed by atoms with Crippen molar-refractivity contribution in [2.75, 3.05) is 13.6 Å². The summed E-state index contributed by atoms with van der Waals surface area (Å²) in [5, 5.41) is 19.7. The minimum Gasteiger partial charge on any atom is -0.515 e. The number of amides is 1. The van der Waals surface area contributed by atoms with E-state index in [1.54, 1.807) is 0 Å². The van der Waals surface area contributed by atoms with Crippen LogP contribution in [0.1, 0.15) is 0 Å². The fourth-order valence-corrected chi connectivity index (χ4v) is 0.544. The third-order valence-electron chi connectivity index (χ3n) is 1.16. The Morgan fingerprint density at radius 2 is 2.25 bits per heavy atom. The topological polar surface area (TPSA) is 95.6 Å². The van der Waals surface area contributed by atoms with Crippen LogP contribution in [0.4, 0.5) is 0 Å². The summed E-state index contributed by atoms with van der Waals surface area (Å²) in [4.78, 5) is 10.9. The Morgan fingerprint density at radius 1 is 1.67 bits per heavy atom. The number of likely N-dealkylation sites (N-methyl/N-ethyl adjacent to an activating group) is 1. The molecule has 0 aromatic heterocycles. The number of carbonyl (C=O) groups excluding carboxylic acids is 1. The van der Waals surface area contributed by atoms with Crippen LogP contribution in [0.25, 0.3) is 0 Å². The molecule has 5 heteroatoms. The second-order valence-corrected chi connectivity index (χ2v) is 2.00. The first-order valence-corrected chi connectivity index (χ1v) is 3.31.